The van der Waals surface area contributed by atoms with Crippen molar-refractivity contribution in [2.24, 2.45) is 0 Å². The smallest absolute Gasteiger partial charge is 0.337 e. The molecule has 0 saturated heterocycles. The van der Waals surface area contributed by atoms with E-state index >= 15 is 0 Å². The standard InChI is InChI=1S/C14H15FN2O3/c1-3-17-13(11(7-16)8-18)9-4-10(14(19)20-2)6-12(15)5-9/h4-8,16-17H,3H2,1-2H3/b13-11+,16-7?. The zero-order valence-electron chi connectivity index (χ0n) is 11.2. The third-order valence-corrected chi connectivity index (χ3v) is 2.53. The van der Waals surface area contributed by atoms with Crippen LogP contribution >= 0.6 is 0 Å². The highest BCUT2D eigenvalue weighted by atomic mass is 19.1. The summed E-state index contributed by atoms with van der Waals surface area (Å²) in [5.41, 5.74) is 0.696. The average Bonchev–Trinajstić information content (AvgIpc) is 2.46. The van der Waals surface area contributed by atoms with E-state index in [1.54, 1.807) is 6.92 Å². The predicted octanol–water partition coefficient (Wildman–Crippen LogP) is 1.78. The van der Waals surface area contributed by atoms with E-state index in [9.17, 15) is 14.0 Å². The van der Waals surface area contributed by atoms with E-state index in [1.807, 2.05) is 0 Å². The quantitative estimate of drug-likeness (QED) is 0.360. The summed E-state index contributed by atoms with van der Waals surface area (Å²) in [4.78, 5) is 22.4. The van der Waals surface area contributed by atoms with Crippen LogP contribution in [0.25, 0.3) is 5.70 Å². The van der Waals surface area contributed by atoms with Crippen molar-refractivity contribution in [2.45, 2.75) is 6.92 Å². The number of benzene rings is 1. The van der Waals surface area contributed by atoms with Gasteiger partial charge in [0, 0.05) is 18.3 Å². The van der Waals surface area contributed by atoms with Gasteiger partial charge in [-0.1, -0.05) is 0 Å². The van der Waals surface area contributed by atoms with Crippen molar-refractivity contribution in [3.8, 4) is 0 Å². The Morgan fingerprint density at radius 1 is 1.40 bits per heavy atom. The van der Waals surface area contributed by atoms with Crippen molar-refractivity contribution >= 4 is 24.2 Å². The number of hydrogen-bond acceptors (Lipinski definition) is 5. The average molecular weight is 278 g/mol. The highest BCUT2D eigenvalue weighted by Crippen LogP contribution is 2.19. The molecule has 0 spiro atoms. The molecule has 5 nitrogen and oxygen atoms in total. The number of nitrogens with one attached hydrogen (secondary N) is 2. The number of carbonyl (C=O) groups excluding carboxylic acids is 2. The summed E-state index contributed by atoms with van der Waals surface area (Å²) in [6, 6.07) is 3.63. The molecular weight excluding hydrogens is 263 g/mol. The number of methoxy groups -OCH3 is 1. The molecule has 0 atom stereocenters. The van der Waals surface area contributed by atoms with Gasteiger partial charge in [0.25, 0.3) is 0 Å². The van der Waals surface area contributed by atoms with E-state index in [0.29, 0.717) is 24.1 Å². The number of ether oxygens (including phenoxy) is 1. The summed E-state index contributed by atoms with van der Waals surface area (Å²) in [6.45, 7) is 2.28. The first-order valence-corrected chi connectivity index (χ1v) is 5.90. The van der Waals surface area contributed by atoms with Gasteiger partial charge >= 0.3 is 5.97 Å². The van der Waals surface area contributed by atoms with Gasteiger partial charge in [0.1, 0.15) is 5.82 Å². The maximum atomic E-state index is 13.6. The Hall–Kier alpha value is -2.50. The minimum Gasteiger partial charge on any atom is -0.465 e. The van der Waals surface area contributed by atoms with E-state index in [0.717, 1.165) is 12.3 Å². The molecule has 106 valence electrons. The van der Waals surface area contributed by atoms with Crippen molar-refractivity contribution in [3.05, 3.63) is 40.7 Å². The van der Waals surface area contributed by atoms with Crippen LogP contribution in [0.4, 0.5) is 4.39 Å². The summed E-state index contributed by atoms with van der Waals surface area (Å²) in [7, 11) is 1.20. The number of hydrogen-bond donors (Lipinski definition) is 2. The molecule has 0 bridgehead atoms. The van der Waals surface area contributed by atoms with Crippen LogP contribution in [0.15, 0.2) is 23.8 Å². The monoisotopic (exact) mass is 278 g/mol. The third-order valence-electron chi connectivity index (χ3n) is 2.53. The minimum absolute atomic E-state index is 0.0353. The number of aldehydes is 1. The normalized spacial score (nSPS) is 11.3. The van der Waals surface area contributed by atoms with Gasteiger partial charge in [-0.05, 0) is 25.1 Å². The van der Waals surface area contributed by atoms with E-state index in [1.165, 1.54) is 19.2 Å². The largest absolute Gasteiger partial charge is 0.465 e. The molecule has 20 heavy (non-hydrogen) atoms. The predicted molar refractivity (Wildman–Crippen MR) is 73.2 cm³/mol. The summed E-state index contributed by atoms with van der Waals surface area (Å²) >= 11 is 0. The molecule has 0 aliphatic carbocycles. The number of carbonyl (C=O) groups is 2. The van der Waals surface area contributed by atoms with Crippen LogP contribution in [-0.2, 0) is 9.53 Å². The summed E-state index contributed by atoms with van der Waals surface area (Å²) < 4.78 is 18.1. The van der Waals surface area contributed by atoms with Crippen molar-refractivity contribution in [1.29, 1.82) is 5.41 Å². The van der Waals surface area contributed by atoms with Crippen molar-refractivity contribution in [2.75, 3.05) is 13.7 Å². The van der Waals surface area contributed by atoms with Gasteiger partial charge in [-0.15, -0.1) is 0 Å². The highest BCUT2D eigenvalue weighted by molar-refractivity contribution is 6.08. The molecule has 1 rings (SSSR count). The van der Waals surface area contributed by atoms with Gasteiger partial charge in [-0.25, -0.2) is 9.18 Å². The van der Waals surface area contributed by atoms with Crippen LogP contribution in [0.1, 0.15) is 22.8 Å². The molecule has 0 aliphatic heterocycles. The zero-order valence-corrected chi connectivity index (χ0v) is 11.2. The van der Waals surface area contributed by atoms with Crippen LogP contribution < -0.4 is 5.32 Å². The van der Waals surface area contributed by atoms with Crippen LogP contribution in [-0.4, -0.2) is 32.1 Å². The fourth-order valence-corrected chi connectivity index (χ4v) is 1.68. The molecule has 0 aromatic heterocycles. The number of esters is 1. The topological polar surface area (TPSA) is 79.3 Å². The Kier molecular flexibility index (Phi) is 5.58. The first kappa shape index (κ1) is 15.6. The lowest BCUT2D eigenvalue weighted by molar-refractivity contribution is -0.104. The first-order valence-electron chi connectivity index (χ1n) is 5.90. The molecule has 6 heteroatoms. The molecule has 0 fully saturated rings. The molecule has 0 radical (unpaired) electrons. The Bertz CT molecular complexity index is 558. The van der Waals surface area contributed by atoms with E-state index in [4.69, 9.17) is 5.41 Å². The fraction of sp³-hybridized carbons (Fsp3) is 0.214. The van der Waals surface area contributed by atoms with Crippen molar-refractivity contribution in [1.82, 2.24) is 5.32 Å². The van der Waals surface area contributed by atoms with Crippen LogP contribution in [0.3, 0.4) is 0 Å². The van der Waals surface area contributed by atoms with E-state index < -0.39 is 11.8 Å². The van der Waals surface area contributed by atoms with E-state index in [2.05, 4.69) is 10.1 Å². The second-order valence-electron chi connectivity index (χ2n) is 3.84. The second-order valence-corrected chi connectivity index (χ2v) is 3.84. The lowest BCUT2D eigenvalue weighted by atomic mass is 10.0. The zero-order chi connectivity index (χ0) is 15.1. The summed E-state index contributed by atoms with van der Waals surface area (Å²) in [5, 5.41) is 10.1. The SMILES string of the molecule is CCN/C(=C(\C=N)C=O)c1cc(F)cc(C(=O)OC)c1. The third kappa shape index (κ3) is 3.50. The molecule has 2 N–H and O–H groups in total. The Morgan fingerprint density at radius 2 is 2.05 bits per heavy atom. The Balaban J connectivity index is 3.45. The first-order chi connectivity index (χ1) is 9.57. The maximum absolute atomic E-state index is 13.6. The summed E-state index contributed by atoms with van der Waals surface area (Å²) in [5.74, 6) is -1.31. The molecule has 0 amide bonds. The molecular formula is C14H15FN2O3. The summed E-state index contributed by atoms with van der Waals surface area (Å²) in [6.07, 6.45) is 1.36. The lowest BCUT2D eigenvalue weighted by Crippen LogP contribution is -2.15. The molecule has 0 heterocycles. The van der Waals surface area contributed by atoms with Crippen molar-refractivity contribution < 1.29 is 18.7 Å². The van der Waals surface area contributed by atoms with Gasteiger partial charge in [-0.2, -0.15) is 0 Å². The Labute approximate surface area is 115 Å². The van der Waals surface area contributed by atoms with Crippen LogP contribution in [0.5, 0.6) is 0 Å². The van der Waals surface area contributed by atoms with Crippen LogP contribution in [0, 0.1) is 11.2 Å². The minimum atomic E-state index is -0.677. The van der Waals surface area contributed by atoms with Gasteiger partial charge in [0.15, 0.2) is 6.29 Å². The number of allylic oxidation sites excluding steroid dienone is 1. The number of halogens is 1. The molecule has 0 unspecified atom stereocenters. The van der Waals surface area contributed by atoms with Gasteiger partial charge in [-0.3, -0.25) is 4.79 Å². The van der Waals surface area contributed by atoms with Gasteiger partial charge in [0.05, 0.1) is 23.9 Å². The molecule has 0 aliphatic rings. The molecule has 1 aromatic rings. The van der Waals surface area contributed by atoms with Gasteiger partial charge in [0.2, 0.25) is 0 Å². The number of rotatable bonds is 6. The fourth-order valence-electron chi connectivity index (χ4n) is 1.68. The molecule has 0 saturated carbocycles. The van der Waals surface area contributed by atoms with E-state index in [-0.39, 0.29) is 11.1 Å². The maximum Gasteiger partial charge on any atom is 0.337 e. The van der Waals surface area contributed by atoms with Crippen molar-refractivity contribution in [3.63, 3.8) is 0 Å². The molecule has 1 aromatic carbocycles. The highest BCUT2D eigenvalue weighted by Gasteiger charge is 2.13. The lowest BCUT2D eigenvalue weighted by Gasteiger charge is -2.12. The van der Waals surface area contributed by atoms with Crippen LogP contribution in [0.2, 0.25) is 0 Å². The Morgan fingerprint density at radius 3 is 2.55 bits per heavy atom. The van der Waals surface area contributed by atoms with Gasteiger partial charge < -0.3 is 15.5 Å². The second kappa shape index (κ2) is 7.18.